The Morgan fingerprint density at radius 1 is 1.26 bits per heavy atom. The summed E-state index contributed by atoms with van der Waals surface area (Å²) in [5.74, 6) is -1.68. The third-order valence-electron chi connectivity index (χ3n) is 4.68. The average molecular weight is 342 g/mol. The van der Waals surface area contributed by atoms with Crippen molar-refractivity contribution in [3.05, 3.63) is 17.9 Å². The number of carboxylic acids is 1. The van der Waals surface area contributed by atoms with Crippen LogP contribution < -0.4 is 5.14 Å². The van der Waals surface area contributed by atoms with Gasteiger partial charge in [0.2, 0.25) is 5.09 Å². The van der Waals surface area contributed by atoms with Crippen LogP contribution in [0.5, 0.6) is 0 Å². The van der Waals surface area contributed by atoms with Crippen LogP contribution in [0.15, 0.2) is 21.6 Å². The first-order valence-electron chi connectivity index (χ1n) is 7.47. The molecule has 126 valence electrons. The van der Waals surface area contributed by atoms with Gasteiger partial charge in [0.05, 0.1) is 0 Å². The lowest BCUT2D eigenvalue weighted by atomic mass is 9.84. The molecule has 2 heterocycles. The van der Waals surface area contributed by atoms with Gasteiger partial charge >= 0.3 is 5.97 Å². The number of nitrogens with zero attached hydrogens (tertiary/aromatic N) is 1. The number of rotatable bonds is 3. The van der Waals surface area contributed by atoms with E-state index in [-0.39, 0.29) is 17.7 Å². The molecule has 0 radical (unpaired) electrons. The quantitative estimate of drug-likeness (QED) is 0.834. The van der Waals surface area contributed by atoms with Gasteiger partial charge in [-0.05, 0) is 37.3 Å². The lowest BCUT2D eigenvalue weighted by Gasteiger charge is -2.32. The summed E-state index contributed by atoms with van der Waals surface area (Å²) in [6, 6.07) is 1.28. The number of hydrogen-bond donors (Lipinski definition) is 2. The molecule has 3 atom stereocenters. The molecule has 3 rings (SSSR count). The van der Waals surface area contributed by atoms with Crippen LogP contribution in [-0.2, 0) is 14.8 Å². The molecule has 1 saturated carbocycles. The summed E-state index contributed by atoms with van der Waals surface area (Å²) in [6.45, 7) is 0. The second-order valence-electron chi connectivity index (χ2n) is 6.08. The first kappa shape index (κ1) is 16.0. The zero-order valence-electron chi connectivity index (χ0n) is 12.3. The van der Waals surface area contributed by atoms with Crippen LogP contribution >= 0.6 is 0 Å². The topological polar surface area (TPSA) is 131 Å². The Balaban J connectivity index is 1.92. The number of fused-ring (bicyclic) bond motifs is 1. The van der Waals surface area contributed by atoms with Crippen molar-refractivity contribution in [2.24, 2.45) is 11.1 Å². The maximum atomic E-state index is 12.7. The summed E-state index contributed by atoms with van der Waals surface area (Å²) in [5.41, 5.74) is 0. The molecule has 0 aromatic carbocycles. The first-order chi connectivity index (χ1) is 10.8. The second kappa shape index (κ2) is 5.64. The third kappa shape index (κ3) is 2.86. The molecule has 1 amide bonds. The molecular formula is C14H18N2O6S. The SMILES string of the molecule is NS(=O)(=O)c1ccc(C(=O)N2[C@H](C(=O)O)C[C@H]3CCCC[C@@H]32)o1. The number of likely N-dealkylation sites (tertiary alicyclic amines) is 1. The highest BCUT2D eigenvalue weighted by Gasteiger charge is 2.48. The summed E-state index contributed by atoms with van der Waals surface area (Å²) in [4.78, 5) is 25.6. The molecule has 3 N–H and O–H groups in total. The van der Waals surface area contributed by atoms with Crippen LogP contribution in [0.25, 0.3) is 0 Å². The van der Waals surface area contributed by atoms with Gasteiger partial charge in [-0.2, -0.15) is 0 Å². The van der Waals surface area contributed by atoms with Crippen LogP contribution in [0, 0.1) is 5.92 Å². The fourth-order valence-electron chi connectivity index (χ4n) is 3.69. The average Bonchev–Trinajstić information content (AvgIpc) is 3.11. The smallest absolute Gasteiger partial charge is 0.326 e. The van der Waals surface area contributed by atoms with Gasteiger partial charge in [0.25, 0.3) is 15.9 Å². The van der Waals surface area contributed by atoms with Crippen molar-refractivity contribution >= 4 is 21.9 Å². The van der Waals surface area contributed by atoms with E-state index in [2.05, 4.69) is 0 Å². The van der Waals surface area contributed by atoms with Crippen LogP contribution in [0.3, 0.4) is 0 Å². The van der Waals surface area contributed by atoms with Crippen molar-refractivity contribution in [1.82, 2.24) is 4.90 Å². The van der Waals surface area contributed by atoms with E-state index in [4.69, 9.17) is 9.56 Å². The highest BCUT2D eigenvalue weighted by Crippen LogP contribution is 2.40. The van der Waals surface area contributed by atoms with Gasteiger partial charge in [0.15, 0.2) is 5.76 Å². The van der Waals surface area contributed by atoms with Crippen LogP contribution in [0.1, 0.15) is 42.7 Å². The molecule has 2 aliphatic rings. The highest BCUT2D eigenvalue weighted by molar-refractivity contribution is 7.89. The molecule has 1 aromatic heterocycles. The van der Waals surface area contributed by atoms with E-state index in [0.717, 1.165) is 31.7 Å². The maximum absolute atomic E-state index is 12.7. The number of amides is 1. The lowest BCUT2D eigenvalue weighted by molar-refractivity contribution is -0.141. The second-order valence-corrected chi connectivity index (χ2v) is 7.57. The predicted molar refractivity (Wildman–Crippen MR) is 78.0 cm³/mol. The molecule has 1 aliphatic carbocycles. The number of furan rings is 1. The number of carbonyl (C=O) groups is 2. The van der Waals surface area contributed by atoms with E-state index < -0.39 is 33.0 Å². The van der Waals surface area contributed by atoms with Crippen molar-refractivity contribution in [3.63, 3.8) is 0 Å². The Labute approximate surface area is 133 Å². The summed E-state index contributed by atoms with van der Waals surface area (Å²) in [5, 5.41) is 13.9. The van der Waals surface area contributed by atoms with Crippen LogP contribution in [0.4, 0.5) is 0 Å². The Morgan fingerprint density at radius 2 is 1.96 bits per heavy atom. The largest absolute Gasteiger partial charge is 0.480 e. The number of aliphatic carboxylic acids is 1. The fraction of sp³-hybridized carbons (Fsp3) is 0.571. The number of carboxylic acid groups (broad SMARTS) is 1. The van der Waals surface area contributed by atoms with Gasteiger partial charge in [-0.3, -0.25) is 4.79 Å². The molecule has 9 heteroatoms. The standard InChI is InChI=1S/C14H18N2O6S/c15-23(20,21)12-6-5-11(22-12)13(17)16-9-4-2-1-3-8(9)7-10(16)14(18)19/h5-6,8-10H,1-4,7H2,(H,18,19)(H2,15,20,21)/t8-,9+,10+/m1/s1. The monoisotopic (exact) mass is 342 g/mol. The summed E-state index contributed by atoms with van der Waals surface area (Å²) < 4.78 is 27.5. The van der Waals surface area contributed by atoms with Gasteiger partial charge < -0.3 is 14.4 Å². The van der Waals surface area contributed by atoms with E-state index in [0.29, 0.717) is 6.42 Å². The number of carbonyl (C=O) groups excluding carboxylic acids is 1. The normalized spacial score (nSPS) is 27.7. The molecule has 2 fully saturated rings. The number of sulfonamides is 1. The molecule has 1 aliphatic heterocycles. The van der Waals surface area contributed by atoms with Crippen molar-refractivity contribution < 1.29 is 27.5 Å². The molecule has 0 unspecified atom stereocenters. The van der Waals surface area contributed by atoms with Gasteiger partial charge in [-0.25, -0.2) is 18.4 Å². The minimum absolute atomic E-state index is 0.139. The lowest BCUT2D eigenvalue weighted by Crippen LogP contribution is -2.46. The van der Waals surface area contributed by atoms with Crippen molar-refractivity contribution in [1.29, 1.82) is 0 Å². The fourth-order valence-corrected chi connectivity index (χ4v) is 4.15. The molecule has 8 nitrogen and oxygen atoms in total. The number of primary sulfonamides is 1. The summed E-state index contributed by atoms with van der Waals surface area (Å²) >= 11 is 0. The van der Waals surface area contributed by atoms with E-state index in [1.807, 2.05) is 0 Å². The van der Waals surface area contributed by atoms with Crippen molar-refractivity contribution in [2.45, 2.75) is 49.3 Å². The van der Waals surface area contributed by atoms with E-state index in [1.165, 1.54) is 11.0 Å². The minimum atomic E-state index is -4.05. The van der Waals surface area contributed by atoms with Crippen molar-refractivity contribution in [3.8, 4) is 0 Å². The van der Waals surface area contributed by atoms with Gasteiger partial charge in [0, 0.05) is 6.04 Å². The van der Waals surface area contributed by atoms with Crippen molar-refractivity contribution in [2.75, 3.05) is 0 Å². The Hall–Kier alpha value is -1.87. The molecular weight excluding hydrogens is 324 g/mol. The number of nitrogens with two attached hydrogens (primary N) is 1. The zero-order valence-corrected chi connectivity index (χ0v) is 13.2. The molecule has 0 spiro atoms. The first-order valence-corrected chi connectivity index (χ1v) is 9.02. The van der Waals surface area contributed by atoms with E-state index in [1.54, 1.807) is 0 Å². The predicted octanol–water partition coefficient (Wildman–Crippen LogP) is 0.785. The molecule has 23 heavy (non-hydrogen) atoms. The van der Waals surface area contributed by atoms with Gasteiger partial charge in [-0.1, -0.05) is 12.8 Å². The maximum Gasteiger partial charge on any atom is 0.326 e. The summed E-state index contributed by atoms with van der Waals surface area (Å²) in [6.07, 6.45) is 4.06. The van der Waals surface area contributed by atoms with Gasteiger partial charge in [0.1, 0.15) is 6.04 Å². The van der Waals surface area contributed by atoms with E-state index in [9.17, 15) is 23.1 Å². The summed E-state index contributed by atoms with van der Waals surface area (Å²) in [7, 11) is -4.05. The number of hydrogen-bond acceptors (Lipinski definition) is 5. The zero-order chi connectivity index (χ0) is 16.8. The molecule has 1 aromatic rings. The van der Waals surface area contributed by atoms with E-state index >= 15 is 0 Å². The Kier molecular flexibility index (Phi) is 3.93. The Bertz CT molecular complexity index is 740. The van der Waals surface area contributed by atoms with Crippen LogP contribution in [0.2, 0.25) is 0 Å². The highest BCUT2D eigenvalue weighted by atomic mass is 32.2. The van der Waals surface area contributed by atoms with Crippen LogP contribution in [-0.4, -0.2) is 42.4 Å². The van der Waals surface area contributed by atoms with Gasteiger partial charge in [-0.15, -0.1) is 0 Å². The Morgan fingerprint density at radius 3 is 2.57 bits per heavy atom. The molecule has 0 bridgehead atoms. The minimum Gasteiger partial charge on any atom is -0.480 e. The third-order valence-corrected chi connectivity index (χ3v) is 5.46. The molecule has 1 saturated heterocycles.